The molecule has 0 radical (unpaired) electrons. The fraction of sp³-hybridized carbons (Fsp3) is 0.692. The van der Waals surface area contributed by atoms with Gasteiger partial charge in [0.05, 0.1) is 7.11 Å². The van der Waals surface area contributed by atoms with Gasteiger partial charge in [0.1, 0.15) is 0 Å². The van der Waals surface area contributed by atoms with Gasteiger partial charge in [-0.15, -0.1) is 0 Å². The topological polar surface area (TPSA) is 67.4 Å². The average molecular weight is 443 g/mol. The van der Waals surface area contributed by atoms with Crippen LogP contribution >= 0.6 is 0 Å². The predicted octanol–water partition coefficient (Wildman–Crippen LogP) is 3.99. The third-order valence-electron chi connectivity index (χ3n) is 8.78. The van der Waals surface area contributed by atoms with Gasteiger partial charge in [-0.25, -0.2) is 4.39 Å². The van der Waals surface area contributed by atoms with E-state index in [-0.39, 0.29) is 17.6 Å². The number of amides is 2. The lowest BCUT2D eigenvalue weighted by Gasteiger charge is -2.54. The van der Waals surface area contributed by atoms with E-state index in [2.05, 4.69) is 10.6 Å². The Hall–Kier alpha value is -2.11. The maximum atomic E-state index is 13.8. The molecule has 4 bridgehead atoms. The number of halogens is 1. The molecule has 4 aliphatic carbocycles. The molecular formula is C26H35FN2O3. The number of methoxy groups -OCH3 is 1. The van der Waals surface area contributed by atoms with Crippen LogP contribution in [0.3, 0.4) is 0 Å². The van der Waals surface area contributed by atoms with Crippen molar-refractivity contribution in [3.05, 3.63) is 29.6 Å². The Labute approximate surface area is 189 Å². The molecule has 2 N–H and O–H groups in total. The number of nitrogens with one attached hydrogen (secondary N) is 2. The maximum absolute atomic E-state index is 13.8. The second-order valence-corrected chi connectivity index (χ2v) is 10.9. The third kappa shape index (κ3) is 4.38. The summed E-state index contributed by atoms with van der Waals surface area (Å²) in [6, 6.07) is 4.82. The van der Waals surface area contributed by atoms with E-state index in [9.17, 15) is 14.0 Å². The molecule has 5 nitrogen and oxygen atoms in total. The molecular weight excluding hydrogens is 407 g/mol. The quantitative estimate of drug-likeness (QED) is 0.640. The largest absolute Gasteiger partial charge is 0.494 e. The van der Waals surface area contributed by atoms with Crippen molar-refractivity contribution in [1.29, 1.82) is 0 Å². The molecule has 1 heterocycles. The molecule has 1 aliphatic heterocycles. The molecule has 1 aromatic carbocycles. The molecule has 4 saturated carbocycles. The third-order valence-corrected chi connectivity index (χ3v) is 8.78. The van der Waals surface area contributed by atoms with Crippen molar-refractivity contribution < 1.29 is 18.7 Å². The summed E-state index contributed by atoms with van der Waals surface area (Å²) < 4.78 is 18.9. The Morgan fingerprint density at radius 3 is 2.53 bits per heavy atom. The monoisotopic (exact) mass is 442 g/mol. The Bertz CT molecular complexity index is 860. The van der Waals surface area contributed by atoms with Gasteiger partial charge in [0.25, 0.3) is 0 Å². The molecule has 1 unspecified atom stereocenters. The fourth-order valence-electron chi connectivity index (χ4n) is 7.43. The van der Waals surface area contributed by atoms with Crippen LogP contribution < -0.4 is 15.4 Å². The second kappa shape index (κ2) is 8.68. The van der Waals surface area contributed by atoms with E-state index < -0.39 is 11.4 Å². The van der Waals surface area contributed by atoms with E-state index in [0.29, 0.717) is 38.0 Å². The molecule has 0 aromatic heterocycles. The molecule has 0 spiro atoms. The van der Waals surface area contributed by atoms with E-state index in [1.165, 1.54) is 45.3 Å². The minimum atomic E-state index is -0.458. The number of hydrogen-bond donors (Lipinski definition) is 2. The lowest BCUT2D eigenvalue weighted by Crippen LogP contribution is -2.49. The highest BCUT2D eigenvalue weighted by molar-refractivity contribution is 5.80. The van der Waals surface area contributed by atoms with Gasteiger partial charge in [0, 0.05) is 24.9 Å². The van der Waals surface area contributed by atoms with Crippen molar-refractivity contribution in [2.45, 2.75) is 69.7 Å². The first-order valence-corrected chi connectivity index (χ1v) is 12.3. The van der Waals surface area contributed by atoms with E-state index >= 15 is 0 Å². The lowest BCUT2D eigenvalue weighted by molar-refractivity contribution is -0.123. The maximum Gasteiger partial charge on any atom is 0.220 e. The molecule has 1 saturated heterocycles. The molecule has 6 rings (SSSR count). The molecule has 5 fully saturated rings. The first-order chi connectivity index (χ1) is 15.4. The van der Waals surface area contributed by atoms with Crippen molar-refractivity contribution in [2.75, 3.05) is 13.7 Å². The van der Waals surface area contributed by atoms with Crippen molar-refractivity contribution in [2.24, 2.45) is 29.6 Å². The zero-order valence-electron chi connectivity index (χ0n) is 19.0. The standard InChI is InChI=1S/C26H35FN2O3/c1-32-23-13-16(2-3-22(23)27)14-26(7-5-25(31)29-26)6-4-24(30)28-15-21-19-9-17-8-18(11-19)12-20(21)10-17/h2-3,13,17-21H,4-12,14-15H2,1H3,(H,28,30)(H,29,31). The Kier molecular flexibility index (Phi) is 5.89. The molecule has 6 heteroatoms. The van der Waals surface area contributed by atoms with Crippen LogP contribution in [0.2, 0.25) is 0 Å². The van der Waals surface area contributed by atoms with E-state index in [1.807, 2.05) is 0 Å². The van der Waals surface area contributed by atoms with Crippen LogP contribution in [0.1, 0.15) is 63.4 Å². The van der Waals surface area contributed by atoms with Crippen molar-refractivity contribution in [3.8, 4) is 5.75 Å². The van der Waals surface area contributed by atoms with Gasteiger partial charge in [-0.2, -0.15) is 0 Å². The van der Waals surface area contributed by atoms with Gasteiger partial charge in [-0.3, -0.25) is 9.59 Å². The van der Waals surface area contributed by atoms with Crippen LogP contribution in [-0.2, 0) is 16.0 Å². The molecule has 32 heavy (non-hydrogen) atoms. The summed E-state index contributed by atoms with van der Waals surface area (Å²) in [6.07, 6.45) is 9.61. The number of rotatable bonds is 8. The highest BCUT2D eigenvalue weighted by atomic mass is 19.1. The number of hydrogen-bond acceptors (Lipinski definition) is 3. The van der Waals surface area contributed by atoms with Crippen LogP contribution in [0.25, 0.3) is 0 Å². The van der Waals surface area contributed by atoms with Gasteiger partial charge in [0.2, 0.25) is 11.8 Å². The summed E-state index contributed by atoms with van der Waals surface area (Å²) in [7, 11) is 1.45. The van der Waals surface area contributed by atoms with E-state index in [1.54, 1.807) is 12.1 Å². The summed E-state index contributed by atoms with van der Waals surface area (Å²) in [6.45, 7) is 0.808. The van der Waals surface area contributed by atoms with Crippen LogP contribution in [0.4, 0.5) is 4.39 Å². The summed E-state index contributed by atoms with van der Waals surface area (Å²) >= 11 is 0. The SMILES string of the molecule is COc1cc(CC2(CCC(=O)NCC3C4CC5CC(C4)CC3C5)CCC(=O)N2)ccc1F. The zero-order chi connectivity index (χ0) is 22.3. The van der Waals surface area contributed by atoms with Crippen molar-refractivity contribution >= 4 is 11.8 Å². The van der Waals surface area contributed by atoms with Gasteiger partial charge in [-0.05, 0) is 98.7 Å². The van der Waals surface area contributed by atoms with Gasteiger partial charge >= 0.3 is 0 Å². The summed E-state index contributed by atoms with van der Waals surface area (Å²) in [5.74, 6) is 4.06. The van der Waals surface area contributed by atoms with Crippen LogP contribution in [0.5, 0.6) is 5.75 Å². The average Bonchev–Trinajstić information content (AvgIpc) is 3.13. The minimum absolute atomic E-state index is 0.0214. The van der Waals surface area contributed by atoms with Crippen LogP contribution in [0.15, 0.2) is 18.2 Å². The van der Waals surface area contributed by atoms with E-state index in [0.717, 1.165) is 35.8 Å². The number of carbonyl (C=O) groups is 2. The molecule has 174 valence electrons. The summed E-state index contributed by atoms with van der Waals surface area (Å²) in [4.78, 5) is 24.8. The highest BCUT2D eigenvalue weighted by Gasteiger charge is 2.48. The van der Waals surface area contributed by atoms with Crippen LogP contribution in [0, 0.1) is 35.4 Å². The molecule has 1 aromatic rings. The molecule has 2 amide bonds. The minimum Gasteiger partial charge on any atom is -0.494 e. The first kappa shape index (κ1) is 21.7. The fourth-order valence-corrected chi connectivity index (χ4v) is 7.43. The predicted molar refractivity (Wildman–Crippen MR) is 120 cm³/mol. The van der Waals surface area contributed by atoms with Gasteiger partial charge in [0.15, 0.2) is 11.6 Å². The van der Waals surface area contributed by atoms with Gasteiger partial charge < -0.3 is 15.4 Å². The normalized spacial score (nSPS) is 35.1. The highest BCUT2D eigenvalue weighted by Crippen LogP contribution is 2.56. The summed E-state index contributed by atoms with van der Waals surface area (Å²) in [5, 5.41) is 6.35. The second-order valence-electron chi connectivity index (χ2n) is 10.9. The smallest absolute Gasteiger partial charge is 0.220 e. The number of ether oxygens (including phenoxy) is 1. The van der Waals surface area contributed by atoms with Crippen molar-refractivity contribution in [3.63, 3.8) is 0 Å². The van der Waals surface area contributed by atoms with E-state index in [4.69, 9.17) is 4.74 Å². The zero-order valence-corrected chi connectivity index (χ0v) is 19.0. The Balaban J connectivity index is 1.17. The Morgan fingerprint density at radius 1 is 1.19 bits per heavy atom. The van der Waals surface area contributed by atoms with Crippen molar-refractivity contribution in [1.82, 2.24) is 10.6 Å². The number of carbonyl (C=O) groups excluding carboxylic acids is 2. The molecule has 1 atom stereocenters. The Morgan fingerprint density at radius 2 is 1.91 bits per heavy atom. The van der Waals surface area contributed by atoms with Gasteiger partial charge in [-0.1, -0.05) is 6.07 Å². The first-order valence-electron chi connectivity index (χ1n) is 12.3. The van der Waals surface area contributed by atoms with Crippen LogP contribution in [-0.4, -0.2) is 31.0 Å². The number of benzene rings is 1. The lowest BCUT2D eigenvalue weighted by atomic mass is 9.52. The summed E-state index contributed by atoms with van der Waals surface area (Å²) in [5.41, 5.74) is 0.444. The molecule has 5 aliphatic rings.